The molecule has 3 atom stereocenters. The van der Waals surface area contributed by atoms with Gasteiger partial charge in [0.2, 0.25) is 0 Å². The summed E-state index contributed by atoms with van der Waals surface area (Å²) >= 11 is 12.8. The van der Waals surface area contributed by atoms with E-state index in [1.54, 1.807) is 25.5 Å². The second kappa shape index (κ2) is 8.23. The minimum atomic E-state index is -0.528. The second-order valence-corrected chi connectivity index (χ2v) is 9.22. The molecule has 2 heterocycles. The molecule has 1 aliphatic carbocycles. The summed E-state index contributed by atoms with van der Waals surface area (Å²) in [5, 5.41) is 11.1. The van der Waals surface area contributed by atoms with Crippen LogP contribution < -0.4 is 10.4 Å². The fourth-order valence-corrected chi connectivity index (χ4v) is 5.26. The number of hydrogen-bond acceptors (Lipinski definition) is 4. The van der Waals surface area contributed by atoms with Gasteiger partial charge < -0.3 is 14.4 Å². The molecule has 0 unspecified atom stereocenters. The molecule has 168 valence electrons. The Kier molecular flexibility index (Phi) is 5.53. The summed E-state index contributed by atoms with van der Waals surface area (Å²) < 4.78 is 24.0. The van der Waals surface area contributed by atoms with Gasteiger partial charge in [0, 0.05) is 54.2 Å². The molecule has 1 fully saturated rings. The molecule has 1 N–H and O–H groups in total. The van der Waals surface area contributed by atoms with Crippen LogP contribution in [0.5, 0.6) is 5.75 Å². The highest BCUT2D eigenvalue weighted by molar-refractivity contribution is 6.35. The van der Waals surface area contributed by atoms with Crippen molar-refractivity contribution in [2.75, 3.05) is 13.1 Å². The van der Waals surface area contributed by atoms with E-state index in [-0.39, 0.29) is 17.5 Å². The molecular formula is C23H22Cl2FN3O3. The summed E-state index contributed by atoms with van der Waals surface area (Å²) in [7, 11) is 1.65. The summed E-state index contributed by atoms with van der Waals surface area (Å²) in [6, 6.07) is 7.73. The molecule has 0 bridgehead atoms. The van der Waals surface area contributed by atoms with E-state index in [1.165, 1.54) is 27.3 Å². The average Bonchev–Trinajstić information content (AvgIpc) is 3.42. The van der Waals surface area contributed by atoms with Gasteiger partial charge in [0.05, 0.1) is 17.8 Å². The first-order valence-electron chi connectivity index (χ1n) is 10.4. The molecule has 2 aliphatic rings. The summed E-state index contributed by atoms with van der Waals surface area (Å²) in [6.45, 7) is 1.23. The molecule has 5 rings (SSSR count). The third kappa shape index (κ3) is 3.73. The van der Waals surface area contributed by atoms with E-state index in [0.717, 1.165) is 11.1 Å². The van der Waals surface area contributed by atoms with E-state index < -0.39 is 18.0 Å². The number of imidazole rings is 1. The maximum atomic E-state index is 14.8. The van der Waals surface area contributed by atoms with Gasteiger partial charge in [-0.25, -0.2) is 9.18 Å². The van der Waals surface area contributed by atoms with Crippen molar-refractivity contribution in [1.29, 1.82) is 0 Å². The predicted molar refractivity (Wildman–Crippen MR) is 120 cm³/mol. The summed E-state index contributed by atoms with van der Waals surface area (Å²) in [4.78, 5) is 14.5. The standard InChI is InChI=1S/C23H22Cl2FN3O3/c1-27-6-7-29(23(27)31)14-2-3-19(26)21(10-14)32-22-17-8-13(24)9-18(25)16(17)11-20(22)28-5-4-15(30)12-28/h2-3,6-10,15,20,22,30H,4-5,11-12H2,1H3/t15-,20-,22+/m1/s1. The van der Waals surface area contributed by atoms with Crippen LogP contribution >= 0.6 is 23.2 Å². The molecule has 1 aromatic heterocycles. The van der Waals surface area contributed by atoms with Crippen molar-refractivity contribution >= 4 is 23.2 Å². The summed E-state index contributed by atoms with van der Waals surface area (Å²) in [5.41, 5.74) is 2.00. The van der Waals surface area contributed by atoms with E-state index in [9.17, 15) is 14.3 Å². The molecule has 1 saturated heterocycles. The molecule has 1 aliphatic heterocycles. The minimum Gasteiger partial charge on any atom is -0.481 e. The van der Waals surface area contributed by atoms with Gasteiger partial charge in [0.25, 0.3) is 0 Å². The molecular weight excluding hydrogens is 456 g/mol. The Balaban J connectivity index is 1.54. The molecule has 2 aromatic carbocycles. The molecule has 0 saturated carbocycles. The highest BCUT2D eigenvalue weighted by atomic mass is 35.5. The van der Waals surface area contributed by atoms with Crippen LogP contribution in [0.2, 0.25) is 10.0 Å². The molecule has 32 heavy (non-hydrogen) atoms. The van der Waals surface area contributed by atoms with Crippen molar-refractivity contribution in [3.05, 3.63) is 80.2 Å². The molecule has 6 nitrogen and oxygen atoms in total. The zero-order valence-corrected chi connectivity index (χ0v) is 18.9. The van der Waals surface area contributed by atoms with E-state index in [2.05, 4.69) is 4.90 Å². The van der Waals surface area contributed by atoms with Crippen LogP contribution in [0.3, 0.4) is 0 Å². The lowest BCUT2D eigenvalue weighted by atomic mass is 10.1. The van der Waals surface area contributed by atoms with Crippen molar-refractivity contribution < 1.29 is 14.2 Å². The first-order chi connectivity index (χ1) is 15.3. The normalized spacial score (nSPS) is 23.0. The molecule has 0 spiro atoms. The Morgan fingerprint density at radius 3 is 2.69 bits per heavy atom. The number of likely N-dealkylation sites (tertiary alicyclic amines) is 1. The number of β-amino-alcohol motifs (C(OH)–C–C–N with tert-alkyl or cyclic N) is 1. The van der Waals surface area contributed by atoms with Gasteiger partial charge in [-0.15, -0.1) is 0 Å². The molecule has 0 amide bonds. The fourth-order valence-electron chi connectivity index (χ4n) is 4.68. The maximum absolute atomic E-state index is 14.8. The number of rotatable bonds is 4. The van der Waals surface area contributed by atoms with Crippen LogP contribution in [0.25, 0.3) is 5.69 Å². The van der Waals surface area contributed by atoms with E-state index in [1.807, 2.05) is 6.07 Å². The van der Waals surface area contributed by atoms with Crippen LogP contribution in [0.1, 0.15) is 23.7 Å². The number of ether oxygens (including phenoxy) is 1. The molecule has 9 heteroatoms. The van der Waals surface area contributed by atoms with Crippen LogP contribution in [0.4, 0.5) is 4.39 Å². The first-order valence-corrected chi connectivity index (χ1v) is 11.2. The summed E-state index contributed by atoms with van der Waals surface area (Å²) in [6.07, 6.45) is 3.63. The predicted octanol–water partition coefficient (Wildman–Crippen LogP) is 3.73. The zero-order valence-electron chi connectivity index (χ0n) is 17.3. The number of benzene rings is 2. The van der Waals surface area contributed by atoms with Crippen LogP contribution in [0.15, 0.2) is 47.5 Å². The van der Waals surface area contributed by atoms with Gasteiger partial charge in [0.15, 0.2) is 11.6 Å². The van der Waals surface area contributed by atoms with Gasteiger partial charge in [-0.2, -0.15) is 0 Å². The van der Waals surface area contributed by atoms with Crippen LogP contribution in [-0.4, -0.2) is 44.4 Å². The number of nitrogens with zero attached hydrogens (tertiary/aromatic N) is 3. The molecule has 3 aromatic rings. The van der Waals surface area contributed by atoms with Crippen LogP contribution in [-0.2, 0) is 13.5 Å². The van der Waals surface area contributed by atoms with E-state index >= 15 is 0 Å². The Labute approximate surface area is 194 Å². The SMILES string of the molecule is Cn1ccn(-c2ccc(F)c(O[C@H]3c4cc(Cl)cc(Cl)c4C[C@H]3N3CC[C@@H](O)C3)c2)c1=O. The van der Waals surface area contributed by atoms with Gasteiger partial charge in [-0.3, -0.25) is 9.47 Å². The molecule has 0 radical (unpaired) electrons. The lowest BCUT2D eigenvalue weighted by Crippen LogP contribution is -2.39. The van der Waals surface area contributed by atoms with Crippen molar-refractivity contribution in [2.45, 2.75) is 31.1 Å². The smallest absolute Gasteiger partial charge is 0.332 e. The van der Waals surface area contributed by atoms with Crippen LogP contribution in [0, 0.1) is 5.82 Å². The number of aliphatic hydroxyl groups is 1. The Hall–Kier alpha value is -2.32. The average molecular weight is 478 g/mol. The first kappa shape index (κ1) is 21.5. The minimum absolute atomic E-state index is 0.0388. The zero-order chi connectivity index (χ0) is 22.6. The van der Waals surface area contributed by atoms with Crippen molar-refractivity contribution in [3.8, 4) is 11.4 Å². The fraction of sp³-hybridized carbons (Fsp3) is 0.348. The highest BCUT2D eigenvalue weighted by Gasteiger charge is 2.42. The van der Waals surface area contributed by atoms with Gasteiger partial charge in [-0.1, -0.05) is 23.2 Å². The third-order valence-electron chi connectivity index (χ3n) is 6.32. The van der Waals surface area contributed by atoms with Gasteiger partial charge in [0.1, 0.15) is 6.10 Å². The monoisotopic (exact) mass is 477 g/mol. The highest BCUT2D eigenvalue weighted by Crippen LogP contribution is 2.43. The van der Waals surface area contributed by atoms with Crippen molar-refractivity contribution in [1.82, 2.24) is 14.0 Å². The summed E-state index contributed by atoms with van der Waals surface area (Å²) in [5.74, 6) is -0.489. The number of aryl methyl sites for hydroxylation is 1. The third-order valence-corrected chi connectivity index (χ3v) is 6.88. The Morgan fingerprint density at radius 2 is 2.00 bits per heavy atom. The van der Waals surface area contributed by atoms with Gasteiger partial charge in [-0.05, 0) is 42.7 Å². The lowest BCUT2D eigenvalue weighted by molar-refractivity contribution is 0.0790. The van der Waals surface area contributed by atoms with E-state index in [0.29, 0.717) is 41.7 Å². The number of aromatic nitrogens is 2. The topological polar surface area (TPSA) is 59.6 Å². The number of aliphatic hydroxyl groups excluding tert-OH is 1. The van der Waals surface area contributed by atoms with Crippen molar-refractivity contribution in [2.24, 2.45) is 7.05 Å². The lowest BCUT2D eigenvalue weighted by Gasteiger charge is -2.30. The number of fused-ring (bicyclic) bond motifs is 1. The quantitative estimate of drug-likeness (QED) is 0.621. The van der Waals surface area contributed by atoms with Gasteiger partial charge >= 0.3 is 5.69 Å². The number of hydrogen-bond donors (Lipinski definition) is 1. The second-order valence-electron chi connectivity index (χ2n) is 8.38. The number of halogens is 3. The van der Waals surface area contributed by atoms with Crippen molar-refractivity contribution in [3.63, 3.8) is 0 Å². The maximum Gasteiger partial charge on any atom is 0.332 e. The largest absolute Gasteiger partial charge is 0.481 e. The van der Waals surface area contributed by atoms with E-state index in [4.69, 9.17) is 27.9 Å². The Morgan fingerprint density at radius 1 is 1.19 bits per heavy atom. The Bertz CT molecular complexity index is 1240.